The Morgan fingerprint density at radius 1 is 1.06 bits per heavy atom. The Bertz CT molecular complexity index is 1340. The van der Waals surface area contributed by atoms with Gasteiger partial charge in [0.1, 0.15) is 0 Å². The zero-order valence-corrected chi connectivity index (χ0v) is 21.0. The van der Waals surface area contributed by atoms with Crippen molar-refractivity contribution in [2.75, 3.05) is 18.0 Å². The van der Waals surface area contributed by atoms with E-state index < -0.39 is 6.43 Å². The fourth-order valence-corrected chi connectivity index (χ4v) is 5.19. The van der Waals surface area contributed by atoms with Crippen molar-refractivity contribution in [2.45, 2.75) is 46.1 Å². The van der Waals surface area contributed by atoms with Gasteiger partial charge >= 0.3 is 0 Å². The molecule has 0 atom stereocenters. The summed E-state index contributed by atoms with van der Waals surface area (Å²) >= 11 is 0. The van der Waals surface area contributed by atoms with Gasteiger partial charge in [0.25, 0.3) is 6.43 Å². The zero-order valence-electron chi connectivity index (χ0n) is 21.0. The summed E-state index contributed by atoms with van der Waals surface area (Å²) in [6.07, 6.45) is 3.52. The largest absolute Gasteiger partial charge is 0.324 e. The second-order valence-corrected chi connectivity index (χ2v) is 8.95. The van der Waals surface area contributed by atoms with Gasteiger partial charge in [0.15, 0.2) is 5.82 Å². The molecule has 0 radical (unpaired) electrons. The highest BCUT2D eigenvalue weighted by Crippen LogP contribution is 2.42. The van der Waals surface area contributed by atoms with Crippen LogP contribution in [0, 0.1) is 0 Å². The van der Waals surface area contributed by atoms with Gasteiger partial charge in [-0.25, -0.2) is 13.5 Å². The Balaban J connectivity index is 0.00000130. The fraction of sp³-hybridized carbons (Fsp3) is 0.357. The summed E-state index contributed by atoms with van der Waals surface area (Å²) in [5.41, 5.74) is 6.57. The summed E-state index contributed by atoms with van der Waals surface area (Å²) in [5.74, 6) is 0.862. The number of hydrogen-bond acceptors (Lipinski definition) is 4. The quantitative estimate of drug-likeness (QED) is 0.383. The average Bonchev–Trinajstić information content (AvgIpc) is 3.53. The maximum absolute atomic E-state index is 14.2. The van der Waals surface area contributed by atoms with Crippen LogP contribution in [0.5, 0.6) is 0 Å². The van der Waals surface area contributed by atoms with E-state index >= 15 is 0 Å². The minimum atomic E-state index is -2.58. The third-order valence-electron chi connectivity index (χ3n) is 6.79. The summed E-state index contributed by atoms with van der Waals surface area (Å²) in [4.78, 5) is 2.14. The van der Waals surface area contributed by atoms with Gasteiger partial charge in [0.2, 0.25) is 0 Å². The highest BCUT2D eigenvalue weighted by atomic mass is 19.3. The van der Waals surface area contributed by atoms with Crippen LogP contribution in [-0.4, -0.2) is 32.7 Å². The lowest BCUT2D eigenvalue weighted by Gasteiger charge is -2.32. The van der Waals surface area contributed by atoms with Crippen LogP contribution in [-0.2, 0) is 26.4 Å². The van der Waals surface area contributed by atoms with Crippen molar-refractivity contribution >= 4 is 11.5 Å². The van der Waals surface area contributed by atoms with Crippen molar-refractivity contribution in [3.8, 4) is 16.8 Å². The Labute approximate surface area is 210 Å². The summed E-state index contributed by atoms with van der Waals surface area (Å²) in [6.45, 7) is 6.37. The molecule has 6 nitrogen and oxygen atoms in total. The molecule has 0 saturated carbocycles. The number of halogens is 2. The molecule has 4 heterocycles. The highest BCUT2D eigenvalue weighted by Gasteiger charge is 2.30. The number of aromatic nitrogens is 4. The van der Waals surface area contributed by atoms with Crippen molar-refractivity contribution in [2.24, 2.45) is 7.05 Å². The highest BCUT2D eigenvalue weighted by molar-refractivity contribution is 5.77. The molecule has 188 valence electrons. The van der Waals surface area contributed by atoms with Crippen molar-refractivity contribution in [1.82, 2.24) is 24.9 Å². The van der Waals surface area contributed by atoms with E-state index in [0.29, 0.717) is 11.1 Å². The lowest BCUT2D eigenvalue weighted by atomic mass is 9.93. The lowest BCUT2D eigenvalue weighted by Crippen LogP contribution is -2.29. The van der Waals surface area contributed by atoms with Gasteiger partial charge < -0.3 is 10.2 Å². The number of anilines is 2. The molecule has 2 aliphatic heterocycles. The summed E-state index contributed by atoms with van der Waals surface area (Å²) < 4.78 is 32.2. The lowest BCUT2D eigenvalue weighted by molar-refractivity contribution is 0.152. The molecule has 0 bridgehead atoms. The molecule has 2 aromatic heterocycles. The number of nitrogens with zero attached hydrogens (tertiary/aromatic N) is 5. The van der Waals surface area contributed by atoms with Crippen molar-refractivity contribution in [3.05, 3.63) is 77.2 Å². The van der Waals surface area contributed by atoms with E-state index in [1.807, 2.05) is 42.8 Å². The minimum absolute atomic E-state index is 0.0353. The van der Waals surface area contributed by atoms with Crippen LogP contribution in [0.3, 0.4) is 0 Å². The molecular formula is C28H32F2N6. The molecule has 8 heteroatoms. The minimum Gasteiger partial charge on any atom is -0.324 e. The summed E-state index contributed by atoms with van der Waals surface area (Å²) in [6, 6.07) is 13.7. The number of hydrogen-bond donors (Lipinski definition) is 1. The molecule has 1 N–H and O–H groups in total. The molecule has 2 aromatic carbocycles. The molecule has 2 aliphatic rings. The van der Waals surface area contributed by atoms with Crippen LogP contribution in [0.4, 0.5) is 20.3 Å². The number of nitrogens with one attached hydrogen (secondary N) is 1. The first-order valence-corrected chi connectivity index (χ1v) is 12.7. The number of para-hydroxylation sites is 1. The predicted octanol–water partition coefficient (Wildman–Crippen LogP) is 5.97. The van der Waals surface area contributed by atoms with Gasteiger partial charge in [-0.3, -0.25) is 4.68 Å². The molecule has 0 fully saturated rings. The average molecular weight is 491 g/mol. The van der Waals surface area contributed by atoms with E-state index in [-0.39, 0.29) is 5.56 Å². The molecule has 4 aromatic rings. The van der Waals surface area contributed by atoms with Crippen LogP contribution in [0.15, 0.2) is 54.9 Å². The van der Waals surface area contributed by atoms with Crippen LogP contribution in [0.1, 0.15) is 49.1 Å². The number of benzene rings is 2. The molecule has 0 unspecified atom stereocenters. The van der Waals surface area contributed by atoms with Gasteiger partial charge in [0.05, 0.1) is 17.6 Å². The third-order valence-corrected chi connectivity index (χ3v) is 6.79. The van der Waals surface area contributed by atoms with Gasteiger partial charge in [-0.2, -0.15) is 5.10 Å². The van der Waals surface area contributed by atoms with Crippen LogP contribution < -0.4 is 10.2 Å². The Morgan fingerprint density at radius 3 is 2.58 bits per heavy atom. The van der Waals surface area contributed by atoms with Crippen molar-refractivity contribution in [3.63, 3.8) is 0 Å². The number of aryl methyl sites for hydroxylation is 2. The molecular weight excluding hydrogens is 458 g/mol. The molecule has 6 rings (SSSR count). The standard InChI is InChI=1S/C26H26F2N6.C2H6/c1-32-16-18(14-30-32)20-12-17-6-5-11-33(24(17)13-21(20)25(27)28)26-22-15-29-10-9-23(22)34(31-26)19-7-3-2-4-8-19;1-2/h2-4,7-8,12-14,16,25,29H,5-6,9-11,15H2,1H3;1-2H3. The molecule has 0 spiro atoms. The van der Waals surface area contributed by atoms with Gasteiger partial charge in [0, 0.05) is 61.7 Å². The predicted molar refractivity (Wildman–Crippen MR) is 139 cm³/mol. The molecule has 0 amide bonds. The van der Waals surface area contributed by atoms with Crippen molar-refractivity contribution < 1.29 is 8.78 Å². The number of alkyl halides is 2. The van der Waals surface area contributed by atoms with Crippen LogP contribution >= 0.6 is 0 Å². The second-order valence-electron chi connectivity index (χ2n) is 8.95. The van der Waals surface area contributed by atoms with Gasteiger partial charge in [-0.15, -0.1) is 5.10 Å². The van der Waals surface area contributed by atoms with E-state index in [1.54, 1.807) is 30.2 Å². The number of rotatable bonds is 4. The van der Waals surface area contributed by atoms with E-state index in [0.717, 1.165) is 67.2 Å². The first-order chi connectivity index (χ1) is 17.6. The second kappa shape index (κ2) is 10.2. The first kappa shape index (κ1) is 24.2. The maximum Gasteiger partial charge on any atom is 0.264 e. The van der Waals surface area contributed by atoms with Gasteiger partial charge in [-0.05, 0) is 48.2 Å². The smallest absolute Gasteiger partial charge is 0.264 e. The Hall–Kier alpha value is -3.52. The van der Waals surface area contributed by atoms with E-state index in [2.05, 4.69) is 27.4 Å². The molecule has 0 saturated heterocycles. The van der Waals surface area contributed by atoms with E-state index in [9.17, 15) is 8.78 Å². The molecule has 0 aliphatic carbocycles. The fourth-order valence-electron chi connectivity index (χ4n) is 5.19. The van der Waals surface area contributed by atoms with Crippen LogP contribution in [0.2, 0.25) is 0 Å². The normalized spacial score (nSPS) is 14.8. The van der Waals surface area contributed by atoms with Crippen LogP contribution in [0.25, 0.3) is 16.8 Å². The number of fused-ring (bicyclic) bond motifs is 2. The first-order valence-electron chi connectivity index (χ1n) is 12.7. The SMILES string of the molecule is CC.Cn1cc(-c2cc3c(cc2C(F)F)N(c2nn(-c4ccccc4)c4c2CNCC4)CCC3)cn1. The third kappa shape index (κ3) is 4.30. The summed E-state index contributed by atoms with van der Waals surface area (Å²) in [5, 5.41) is 12.7. The molecule has 36 heavy (non-hydrogen) atoms. The van der Waals surface area contributed by atoms with Crippen molar-refractivity contribution in [1.29, 1.82) is 0 Å². The Morgan fingerprint density at radius 2 is 1.86 bits per heavy atom. The topological polar surface area (TPSA) is 50.9 Å². The Kier molecular flexibility index (Phi) is 6.87. The summed E-state index contributed by atoms with van der Waals surface area (Å²) in [7, 11) is 1.80. The van der Waals surface area contributed by atoms with E-state index in [4.69, 9.17) is 5.10 Å². The maximum atomic E-state index is 14.2. The monoisotopic (exact) mass is 490 g/mol. The van der Waals surface area contributed by atoms with E-state index in [1.165, 1.54) is 5.69 Å². The zero-order chi connectivity index (χ0) is 25.2. The van der Waals surface area contributed by atoms with Gasteiger partial charge in [-0.1, -0.05) is 32.0 Å².